The standard InChI is InChI=1S/C27H29F4N3O5/c1-25(2,3)26(4,38)15-39-22-13-20(33-34(22)21-12-8-7-11-18(21)28)24(37)32-19(14-23(35)36)16-9-5-6-10-17(16)27(29,30)31/h5-13,19,38H,14-15H2,1-4H3,(H,32,37)(H,35,36). The normalized spacial score (nSPS) is 14.4. The first kappa shape index (κ1) is 29.6. The van der Waals surface area contributed by atoms with E-state index in [0.29, 0.717) is 0 Å². The maximum absolute atomic E-state index is 14.6. The zero-order valence-electron chi connectivity index (χ0n) is 21.7. The van der Waals surface area contributed by atoms with Crippen molar-refractivity contribution in [2.45, 2.75) is 51.9 Å². The van der Waals surface area contributed by atoms with Crippen molar-refractivity contribution in [1.82, 2.24) is 15.1 Å². The third kappa shape index (κ3) is 6.94. The molecular formula is C27H29F4N3O5. The van der Waals surface area contributed by atoms with Crippen LogP contribution in [0, 0.1) is 11.2 Å². The average molecular weight is 552 g/mol. The molecule has 12 heteroatoms. The van der Waals surface area contributed by atoms with Crippen LogP contribution in [-0.2, 0) is 11.0 Å². The van der Waals surface area contributed by atoms with Crippen molar-refractivity contribution in [2.24, 2.45) is 5.41 Å². The number of benzene rings is 2. The molecule has 1 heterocycles. The van der Waals surface area contributed by atoms with Crippen LogP contribution in [0.5, 0.6) is 5.88 Å². The molecule has 0 fully saturated rings. The lowest BCUT2D eigenvalue weighted by Crippen LogP contribution is -2.45. The van der Waals surface area contributed by atoms with Crippen LogP contribution in [0.3, 0.4) is 0 Å². The van der Waals surface area contributed by atoms with Gasteiger partial charge in [-0.25, -0.2) is 4.39 Å². The Bertz CT molecular complexity index is 1350. The lowest BCUT2D eigenvalue weighted by molar-refractivity contribution is -0.140. The molecule has 3 N–H and O–H groups in total. The second-order valence-electron chi connectivity index (χ2n) is 10.3. The smallest absolute Gasteiger partial charge is 0.416 e. The number of alkyl halides is 3. The first-order chi connectivity index (χ1) is 18.0. The van der Waals surface area contributed by atoms with E-state index in [1.165, 1.54) is 24.3 Å². The van der Waals surface area contributed by atoms with Gasteiger partial charge >= 0.3 is 12.1 Å². The fraction of sp³-hybridized carbons (Fsp3) is 0.370. The van der Waals surface area contributed by atoms with Gasteiger partial charge in [0, 0.05) is 6.07 Å². The summed E-state index contributed by atoms with van der Waals surface area (Å²) in [5.41, 5.74) is -3.97. The Morgan fingerprint density at radius 2 is 1.67 bits per heavy atom. The molecule has 39 heavy (non-hydrogen) atoms. The number of carboxylic acid groups (broad SMARTS) is 1. The molecule has 0 saturated carbocycles. The molecule has 0 spiro atoms. The highest BCUT2D eigenvalue weighted by molar-refractivity contribution is 5.93. The molecule has 8 nitrogen and oxygen atoms in total. The SMILES string of the molecule is CC(C)(C)C(C)(O)COc1cc(C(=O)NC(CC(=O)O)c2ccccc2C(F)(F)F)nn1-c1ccccc1F. The van der Waals surface area contributed by atoms with Gasteiger partial charge in [-0.1, -0.05) is 51.1 Å². The molecule has 0 radical (unpaired) electrons. The van der Waals surface area contributed by atoms with Crippen LogP contribution in [-0.4, -0.2) is 44.1 Å². The molecule has 2 atom stereocenters. The number of nitrogens with zero attached hydrogens (tertiary/aromatic N) is 2. The van der Waals surface area contributed by atoms with Crippen LogP contribution < -0.4 is 10.1 Å². The number of para-hydroxylation sites is 1. The second kappa shape index (κ2) is 11.0. The predicted molar refractivity (Wildman–Crippen MR) is 133 cm³/mol. The Morgan fingerprint density at radius 1 is 1.05 bits per heavy atom. The lowest BCUT2D eigenvalue weighted by atomic mass is 9.78. The number of hydrogen-bond acceptors (Lipinski definition) is 5. The Morgan fingerprint density at radius 3 is 2.26 bits per heavy atom. The van der Waals surface area contributed by atoms with Crippen LogP contribution in [0.1, 0.15) is 61.8 Å². The van der Waals surface area contributed by atoms with Gasteiger partial charge in [0.05, 0.1) is 18.0 Å². The monoisotopic (exact) mass is 551 g/mol. The van der Waals surface area contributed by atoms with Gasteiger partial charge in [-0.3, -0.25) is 9.59 Å². The number of amides is 1. The number of aliphatic hydroxyl groups is 1. The van der Waals surface area contributed by atoms with E-state index in [0.717, 1.165) is 35.0 Å². The summed E-state index contributed by atoms with van der Waals surface area (Å²) in [6.07, 6.45) is -5.64. The molecule has 3 aromatic rings. The van der Waals surface area contributed by atoms with Crippen LogP contribution in [0.2, 0.25) is 0 Å². The van der Waals surface area contributed by atoms with Crippen molar-refractivity contribution >= 4 is 11.9 Å². The summed E-state index contributed by atoms with van der Waals surface area (Å²) < 4.78 is 62.2. The number of nitrogens with one attached hydrogen (secondary N) is 1. The van der Waals surface area contributed by atoms with Gasteiger partial charge in [-0.2, -0.15) is 23.0 Å². The van der Waals surface area contributed by atoms with Crippen LogP contribution in [0.15, 0.2) is 54.6 Å². The molecule has 2 unspecified atom stereocenters. The Balaban J connectivity index is 2.01. The van der Waals surface area contributed by atoms with Gasteiger partial charge in [-0.05, 0) is 36.1 Å². The summed E-state index contributed by atoms with van der Waals surface area (Å²) in [4.78, 5) is 24.6. The zero-order valence-corrected chi connectivity index (χ0v) is 21.7. The lowest BCUT2D eigenvalue weighted by Gasteiger charge is -2.36. The first-order valence-electron chi connectivity index (χ1n) is 11.9. The number of ether oxygens (including phenoxy) is 1. The highest BCUT2D eigenvalue weighted by Gasteiger charge is 2.38. The highest BCUT2D eigenvalue weighted by Crippen LogP contribution is 2.36. The molecule has 2 aromatic carbocycles. The van der Waals surface area contributed by atoms with Crippen molar-refractivity contribution in [1.29, 1.82) is 0 Å². The largest absolute Gasteiger partial charge is 0.481 e. The van der Waals surface area contributed by atoms with E-state index in [9.17, 15) is 37.4 Å². The first-order valence-corrected chi connectivity index (χ1v) is 11.9. The van der Waals surface area contributed by atoms with Crippen LogP contribution in [0.25, 0.3) is 5.69 Å². The summed E-state index contributed by atoms with van der Waals surface area (Å²) >= 11 is 0. The van der Waals surface area contributed by atoms with Crippen molar-refractivity contribution in [3.63, 3.8) is 0 Å². The maximum atomic E-state index is 14.6. The molecule has 0 saturated heterocycles. The van der Waals surface area contributed by atoms with E-state index in [1.54, 1.807) is 27.7 Å². The van der Waals surface area contributed by atoms with E-state index in [2.05, 4.69) is 10.4 Å². The highest BCUT2D eigenvalue weighted by atomic mass is 19.4. The third-order valence-electron chi connectivity index (χ3n) is 6.43. The number of carbonyl (C=O) groups is 2. The molecule has 3 rings (SSSR count). The summed E-state index contributed by atoms with van der Waals surface area (Å²) in [6, 6.07) is 9.37. The zero-order chi connectivity index (χ0) is 29.2. The van der Waals surface area contributed by atoms with Gasteiger partial charge in [0.1, 0.15) is 23.7 Å². The Kier molecular flexibility index (Phi) is 8.39. The van der Waals surface area contributed by atoms with E-state index in [1.807, 2.05) is 0 Å². The Hall–Kier alpha value is -3.93. The molecule has 0 aliphatic rings. The molecule has 1 amide bonds. The van der Waals surface area contributed by atoms with E-state index in [4.69, 9.17) is 4.74 Å². The Labute approximate surface area is 222 Å². The number of aromatic nitrogens is 2. The summed E-state index contributed by atoms with van der Waals surface area (Å²) in [7, 11) is 0. The molecule has 0 bridgehead atoms. The van der Waals surface area contributed by atoms with Crippen molar-refractivity contribution < 1.29 is 42.1 Å². The van der Waals surface area contributed by atoms with E-state index in [-0.39, 0.29) is 23.9 Å². The molecule has 0 aliphatic heterocycles. The number of aliphatic carboxylic acids is 1. The quantitative estimate of drug-likeness (QED) is 0.317. The molecule has 0 aliphatic carbocycles. The number of hydrogen-bond donors (Lipinski definition) is 3. The number of carbonyl (C=O) groups excluding carboxylic acids is 1. The van der Waals surface area contributed by atoms with Gasteiger partial charge in [-0.15, -0.1) is 0 Å². The minimum Gasteiger partial charge on any atom is -0.481 e. The average Bonchev–Trinajstić information content (AvgIpc) is 3.25. The minimum atomic E-state index is -4.80. The maximum Gasteiger partial charge on any atom is 0.416 e. The minimum absolute atomic E-state index is 0.0912. The molecule has 210 valence electrons. The van der Waals surface area contributed by atoms with Gasteiger partial charge in [0.2, 0.25) is 5.88 Å². The predicted octanol–water partition coefficient (Wildman–Crippen LogP) is 5.15. The van der Waals surface area contributed by atoms with E-state index < -0.39 is 58.5 Å². The van der Waals surface area contributed by atoms with Crippen molar-refractivity contribution in [2.75, 3.05) is 6.61 Å². The second-order valence-corrected chi connectivity index (χ2v) is 10.3. The third-order valence-corrected chi connectivity index (χ3v) is 6.43. The van der Waals surface area contributed by atoms with Crippen LogP contribution >= 0.6 is 0 Å². The number of halogens is 4. The van der Waals surface area contributed by atoms with Gasteiger partial charge in [0.15, 0.2) is 5.69 Å². The van der Waals surface area contributed by atoms with Gasteiger partial charge < -0.3 is 20.3 Å². The van der Waals surface area contributed by atoms with Gasteiger partial charge in [0.25, 0.3) is 5.91 Å². The van der Waals surface area contributed by atoms with Crippen molar-refractivity contribution in [3.8, 4) is 11.6 Å². The number of rotatable bonds is 9. The summed E-state index contributed by atoms with van der Waals surface area (Å²) in [5.74, 6) is -3.29. The fourth-order valence-corrected chi connectivity index (χ4v) is 3.51. The summed E-state index contributed by atoms with van der Waals surface area (Å²) in [5, 5.41) is 26.5. The fourth-order valence-electron chi connectivity index (χ4n) is 3.51. The topological polar surface area (TPSA) is 114 Å². The van der Waals surface area contributed by atoms with Crippen molar-refractivity contribution in [3.05, 3.63) is 77.2 Å². The number of carboxylic acids is 1. The molecular weight excluding hydrogens is 522 g/mol. The van der Waals surface area contributed by atoms with E-state index >= 15 is 0 Å². The molecule has 1 aromatic heterocycles. The van der Waals surface area contributed by atoms with Crippen LogP contribution in [0.4, 0.5) is 17.6 Å². The summed E-state index contributed by atoms with van der Waals surface area (Å²) in [6.45, 7) is 6.62.